The fraction of sp³-hybridized carbons (Fsp3) is 0.810. The number of phenolic OH excluding ortho intramolecular Hbond substituents is 1. The third-order valence-electron chi connectivity index (χ3n) is 8.73. The van der Waals surface area contributed by atoms with Crippen molar-refractivity contribution < 1.29 is 24.9 Å². The second-order valence-electron chi connectivity index (χ2n) is 13.5. The number of carbonyl (C=O) groups is 2. The van der Waals surface area contributed by atoms with E-state index >= 15 is 0 Å². The Bertz CT molecular complexity index is 699. The molecule has 0 atom stereocenters. The number of aromatic hydroxyl groups is 1. The van der Waals surface area contributed by atoms with Crippen LogP contribution in [0.5, 0.6) is 5.75 Å². The molecule has 0 aromatic heterocycles. The molecule has 6 heteroatoms. The quantitative estimate of drug-likeness (QED) is 0.0578. The molecule has 0 saturated heterocycles. The summed E-state index contributed by atoms with van der Waals surface area (Å²) in [6.45, 7) is 4.53. The molecule has 276 valence electrons. The predicted octanol–water partition coefficient (Wildman–Crippen LogP) is 11.0. The molecule has 1 aromatic rings. The van der Waals surface area contributed by atoms with Gasteiger partial charge in [0.25, 0.3) is 0 Å². The summed E-state index contributed by atoms with van der Waals surface area (Å²) in [5.74, 6) is -1.48. The summed E-state index contributed by atoms with van der Waals surface area (Å²) in [7, 11) is 0. The Morgan fingerprint density at radius 3 is 0.792 bits per heavy atom. The monoisotopic (exact) mass is 798 g/mol. The van der Waals surface area contributed by atoms with Crippen LogP contribution in [0, 0.1) is 0 Å². The number of benzene rings is 1. The molecule has 0 aliphatic carbocycles. The van der Waals surface area contributed by atoms with E-state index in [0.717, 1.165) is 25.7 Å². The predicted molar refractivity (Wildman–Crippen MR) is 203 cm³/mol. The number of aliphatic carboxylic acids is 2. The molecule has 0 radical (unpaired) electrons. The molecule has 5 nitrogen and oxygen atoms in total. The van der Waals surface area contributed by atoms with E-state index < -0.39 is 11.9 Å². The van der Waals surface area contributed by atoms with Crippen molar-refractivity contribution in [3.8, 4) is 5.75 Å². The van der Waals surface area contributed by atoms with Crippen molar-refractivity contribution in [3.05, 3.63) is 30.3 Å². The summed E-state index contributed by atoms with van der Waals surface area (Å²) in [6, 6.07) is 8.71. The zero-order valence-corrected chi connectivity index (χ0v) is 36.2. The van der Waals surface area contributed by atoms with Crippen LogP contribution in [0.4, 0.5) is 0 Å². The number of hydrogen-bond donors (Lipinski definition) is 1. The molecule has 0 spiro atoms. The van der Waals surface area contributed by atoms with E-state index in [1.807, 2.05) is 6.07 Å². The number of phenols is 1. The Hall–Kier alpha value is -0.469. The molecule has 0 amide bonds. The van der Waals surface area contributed by atoms with Crippen molar-refractivity contribution in [1.82, 2.24) is 0 Å². The maximum atomic E-state index is 10.2. The van der Waals surface area contributed by atoms with Crippen molar-refractivity contribution in [2.75, 3.05) is 0 Å². The second kappa shape index (κ2) is 46.5. The summed E-state index contributed by atoms with van der Waals surface area (Å²) < 4.78 is 0. The van der Waals surface area contributed by atoms with E-state index in [1.165, 1.54) is 167 Å². The number of rotatable bonds is 32. The van der Waals surface area contributed by atoms with Gasteiger partial charge in [0.05, 0.1) is 0 Å². The zero-order valence-electron chi connectivity index (χ0n) is 31.8. The number of para-hydroxylation sites is 1. The Labute approximate surface area is 338 Å². The van der Waals surface area contributed by atoms with Gasteiger partial charge in [0.2, 0.25) is 0 Å². The molecule has 0 heterocycles. The number of unbranched alkanes of at least 4 members (excludes halogenated alkanes) is 28. The maximum Gasteiger partial charge on any atom is 2.00 e. The Morgan fingerprint density at radius 2 is 0.625 bits per heavy atom. The first-order chi connectivity index (χ1) is 22.9. The normalized spacial score (nSPS) is 10.3. The van der Waals surface area contributed by atoms with E-state index in [2.05, 4.69) is 13.8 Å². The minimum absolute atomic E-state index is 0. The van der Waals surface area contributed by atoms with Crippen molar-refractivity contribution >= 4 is 60.8 Å². The van der Waals surface area contributed by atoms with Crippen molar-refractivity contribution in [1.29, 1.82) is 0 Å². The standard InChI is InChI=1S/2C18H36O2.C6H6O.Ba/c2*1-2-3-4-5-6-7-8-9-10-11-12-13-14-15-16-17-18(19)20;7-6-4-2-1-3-5-6;/h2*2-17H2,1H3,(H,19,20);1-5,7H;/q;;;+2/p-2. The second-order valence-corrected chi connectivity index (χ2v) is 13.5. The minimum Gasteiger partial charge on any atom is -0.550 e. The van der Waals surface area contributed by atoms with E-state index in [9.17, 15) is 19.8 Å². The average molecular weight is 798 g/mol. The number of carbonyl (C=O) groups excluding carboxylic acids is 2. The SMILES string of the molecule is CCCCCCCCCCCCCCCCCC(=O)[O-].CCCCCCCCCCCCCCCCCC(=O)[O-].Oc1ccccc1.[Ba+2]. The van der Waals surface area contributed by atoms with Crippen LogP contribution in [-0.2, 0) is 9.59 Å². The molecule has 48 heavy (non-hydrogen) atoms. The van der Waals surface area contributed by atoms with Gasteiger partial charge in [-0.2, -0.15) is 0 Å². The first-order valence-electron chi connectivity index (χ1n) is 20.1. The van der Waals surface area contributed by atoms with Gasteiger partial charge in [-0.1, -0.05) is 212 Å². The van der Waals surface area contributed by atoms with Crippen LogP contribution in [0.15, 0.2) is 30.3 Å². The Kier molecular flexibility index (Phi) is 50.3. The molecule has 0 fully saturated rings. The van der Waals surface area contributed by atoms with Gasteiger partial charge >= 0.3 is 48.9 Å². The fourth-order valence-corrected chi connectivity index (χ4v) is 5.71. The van der Waals surface area contributed by atoms with Crippen LogP contribution < -0.4 is 10.2 Å². The molecule has 1 aromatic carbocycles. The van der Waals surface area contributed by atoms with Gasteiger partial charge in [0.15, 0.2) is 0 Å². The third-order valence-corrected chi connectivity index (χ3v) is 8.73. The summed E-state index contributed by atoms with van der Waals surface area (Å²) in [5.41, 5.74) is 0. The number of hydrogen-bond acceptors (Lipinski definition) is 5. The summed E-state index contributed by atoms with van der Waals surface area (Å²) >= 11 is 0. The molecule has 1 N–H and O–H groups in total. The molecule has 0 unspecified atom stereocenters. The largest absolute Gasteiger partial charge is 2.00 e. The molecule has 0 aliphatic rings. The van der Waals surface area contributed by atoms with Crippen LogP contribution in [0.3, 0.4) is 0 Å². The first-order valence-corrected chi connectivity index (χ1v) is 20.1. The molecular formula is C42H76BaO5. The van der Waals surface area contributed by atoms with Gasteiger partial charge in [-0.25, -0.2) is 0 Å². The molecule has 1 rings (SSSR count). The average Bonchev–Trinajstić information content (AvgIpc) is 3.05. The minimum atomic E-state index is -0.903. The number of carboxylic acids is 2. The Morgan fingerprint density at radius 1 is 0.417 bits per heavy atom. The third kappa shape index (κ3) is 52.3. The van der Waals surface area contributed by atoms with E-state index in [4.69, 9.17) is 5.11 Å². The van der Waals surface area contributed by atoms with Gasteiger partial charge in [0.1, 0.15) is 5.75 Å². The van der Waals surface area contributed by atoms with Crippen LogP contribution in [0.2, 0.25) is 0 Å². The van der Waals surface area contributed by atoms with Gasteiger partial charge < -0.3 is 24.9 Å². The molecular weight excluding hydrogens is 722 g/mol. The zero-order chi connectivity index (χ0) is 34.9. The van der Waals surface area contributed by atoms with Crippen molar-refractivity contribution in [2.24, 2.45) is 0 Å². The van der Waals surface area contributed by atoms with Crippen LogP contribution in [0.1, 0.15) is 219 Å². The first kappa shape index (κ1) is 51.9. The van der Waals surface area contributed by atoms with E-state index in [-0.39, 0.29) is 61.7 Å². The van der Waals surface area contributed by atoms with Gasteiger partial charge in [-0.15, -0.1) is 0 Å². The van der Waals surface area contributed by atoms with Crippen molar-refractivity contribution in [2.45, 2.75) is 219 Å². The van der Waals surface area contributed by atoms with Gasteiger partial charge in [0, 0.05) is 11.9 Å². The van der Waals surface area contributed by atoms with E-state index in [0.29, 0.717) is 5.75 Å². The van der Waals surface area contributed by atoms with Crippen LogP contribution in [-0.4, -0.2) is 65.9 Å². The maximum absolute atomic E-state index is 10.2. The molecule has 0 aliphatic heterocycles. The number of carboxylic acid groups (broad SMARTS) is 2. The fourth-order valence-electron chi connectivity index (χ4n) is 5.71. The summed E-state index contributed by atoms with van der Waals surface area (Å²) in [5, 5.41) is 29.1. The smallest absolute Gasteiger partial charge is 0.550 e. The Balaban J connectivity index is -0.000000688. The van der Waals surface area contributed by atoms with Gasteiger partial charge in [-0.3, -0.25) is 0 Å². The van der Waals surface area contributed by atoms with Gasteiger partial charge in [-0.05, 0) is 37.8 Å². The summed E-state index contributed by atoms with van der Waals surface area (Å²) in [6.07, 6.45) is 39.7. The summed E-state index contributed by atoms with van der Waals surface area (Å²) in [4.78, 5) is 20.4. The molecule has 0 bridgehead atoms. The van der Waals surface area contributed by atoms with Crippen LogP contribution in [0.25, 0.3) is 0 Å². The van der Waals surface area contributed by atoms with E-state index in [1.54, 1.807) is 24.3 Å². The topological polar surface area (TPSA) is 100 Å². The molecule has 0 saturated carbocycles. The van der Waals surface area contributed by atoms with Crippen LogP contribution >= 0.6 is 0 Å². The van der Waals surface area contributed by atoms with Crippen molar-refractivity contribution in [3.63, 3.8) is 0 Å².